The Hall–Kier alpha value is -4.96. The van der Waals surface area contributed by atoms with Gasteiger partial charge in [0.1, 0.15) is 12.1 Å². The summed E-state index contributed by atoms with van der Waals surface area (Å²) in [5.41, 5.74) is 2.19. The van der Waals surface area contributed by atoms with Crippen molar-refractivity contribution in [2.24, 2.45) is 0 Å². The fourth-order valence-electron chi connectivity index (χ4n) is 5.37. The summed E-state index contributed by atoms with van der Waals surface area (Å²) in [6.45, 7) is 7.37. The summed E-state index contributed by atoms with van der Waals surface area (Å²) >= 11 is 0. The van der Waals surface area contributed by atoms with Crippen molar-refractivity contribution in [3.05, 3.63) is 71.7 Å². The molecule has 6 rings (SSSR count). The second-order valence-electron chi connectivity index (χ2n) is 8.65. The predicted molar refractivity (Wildman–Crippen MR) is 126 cm³/mol. The SMILES string of the molecule is [C-]#[N+]c1ccc(NC(=O)N2C[C@H]3CC2[C@H]2C(=O)N(c4ccc(C#N)c5ncccc45)C(=O)N32)cc1. The molecule has 1 N–H and O–H groups in total. The Kier molecular flexibility index (Phi) is 4.44. The van der Waals surface area contributed by atoms with E-state index in [1.165, 1.54) is 0 Å². The first-order valence-corrected chi connectivity index (χ1v) is 11.0. The maximum atomic E-state index is 13.6. The Morgan fingerprint density at radius 1 is 1.17 bits per heavy atom. The van der Waals surface area contributed by atoms with E-state index in [1.807, 2.05) is 0 Å². The van der Waals surface area contributed by atoms with Gasteiger partial charge in [-0.2, -0.15) is 5.26 Å². The highest BCUT2D eigenvalue weighted by atomic mass is 16.2. The third kappa shape index (κ3) is 2.94. The van der Waals surface area contributed by atoms with Crippen molar-refractivity contribution < 1.29 is 14.4 Å². The molecule has 35 heavy (non-hydrogen) atoms. The molecule has 2 bridgehead atoms. The zero-order valence-corrected chi connectivity index (χ0v) is 18.3. The smallest absolute Gasteiger partial charge is 0.317 e. The Balaban J connectivity index is 1.29. The van der Waals surface area contributed by atoms with Crippen LogP contribution in [0.1, 0.15) is 12.0 Å². The number of hydrogen-bond acceptors (Lipinski definition) is 5. The van der Waals surface area contributed by atoms with Gasteiger partial charge in [-0.1, -0.05) is 12.1 Å². The molecule has 3 aliphatic heterocycles. The molecule has 3 atom stereocenters. The van der Waals surface area contributed by atoms with E-state index in [-0.39, 0.29) is 12.1 Å². The van der Waals surface area contributed by atoms with Crippen LogP contribution in [-0.4, -0.2) is 57.4 Å². The third-order valence-corrected chi connectivity index (χ3v) is 6.88. The molecule has 10 heteroatoms. The molecule has 3 aromatic rings. The molecule has 0 aliphatic carbocycles. The van der Waals surface area contributed by atoms with Gasteiger partial charge in [0.15, 0.2) is 5.69 Å². The third-order valence-electron chi connectivity index (χ3n) is 6.88. The van der Waals surface area contributed by atoms with Gasteiger partial charge < -0.3 is 15.1 Å². The summed E-state index contributed by atoms with van der Waals surface area (Å²) in [5, 5.41) is 12.8. The van der Waals surface area contributed by atoms with E-state index in [9.17, 15) is 19.6 Å². The normalized spacial score (nSPS) is 22.3. The number of rotatable bonds is 2. The first-order valence-electron chi connectivity index (χ1n) is 11.0. The van der Waals surface area contributed by atoms with Crippen LogP contribution in [-0.2, 0) is 4.79 Å². The molecule has 4 heterocycles. The number of hydrogen-bond donors (Lipinski definition) is 1. The van der Waals surface area contributed by atoms with Crippen LogP contribution in [0.5, 0.6) is 0 Å². The number of nitrogens with zero attached hydrogens (tertiary/aromatic N) is 6. The van der Waals surface area contributed by atoms with Crippen LogP contribution in [0.3, 0.4) is 0 Å². The molecule has 0 saturated carbocycles. The van der Waals surface area contributed by atoms with Crippen molar-refractivity contribution in [2.45, 2.75) is 24.5 Å². The van der Waals surface area contributed by atoms with E-state index in [0.29, 0.717) is 46.5 Å². The van der Waals surface area contributed by atoms with Gasteiger partial charge in [0.2, 0.25) is 0 Å². The van der Waals surface area contributed by atoms with Crippen molar-refractivity contribution in [1.82, 2.24) is 14.8 Å². The minimum absolute atomic E-state index is 0.260. The largest absolute Gasteiger partial charge is 0.332 e. The number of imide groups is 1. The molecule has 0 spiro atoms. The summed E-state index contributed by atoms with van der Waals surface area (Å²) in [4.78, 5) is 52.0. The monoisotopic (exact) mass is 463 g/mol. The Morgan fingerprint density at radius 3 is 2.71 bits per heavy atom. The molecular formula is C25H17N7O3. The van der Waals surface area contributed by atoms with Gasteiger partial charge in [0.25, 0.3) is 5.91 Å². The van der Waals surface area contributed by atoms with Gasteiger partial charge >= 0.3 is 12.1 Å². The maximum Gasteiger partial charge on any atom is 0.332 e. The standard InChI is InChI=1S/C25H17N7O3/c1-27-15-5-7-16(8-6-15)29-24(34)30-13-17-11-20(30)22-23(33)32(25(35)31(17)22)19-9-4-14(12-26)21-18(19)3-2-10-28-21/h2-10,17,20,22H,11,13H2,(H,29,34)/t17-,20?,22+/m1/s1. The molecule has 5 amide bonds. The van der Waals surface area contributed by atoms with E-state index < -0.39 is 24.0 Å². The fraction of sp³-hybridized carbons (Fsp3) is 0.200. The summed E-state index contributed by atoms with van der Waals surface area (Å²) in [7, 11) is 0. The highest BCUT2D eigenvalue weighted by Gasteiger charge is 2.63. The number of nitriles is 1. The van der Waals surface area contributed by atoms with Gasteiger partial charge in [-0.15, -0.1) is 0 Å². The van der Waals surface area contributed by atoms with Crippen LogP contribution in [0.4, 0.5) is 26.7 Å². The van der Waals surface area contributed by atoms with Gasteiger partial charge in [-0.05, 0) is 42.8 Å². The number of pyridine rings is 1. The van der Waals surface area contributed by atoms with Crippen LogP contribution >= 0.6 is 0 Å². The van der Waals surface area contributed by atoms with E-state index in [2.05, 4.69) is 21.2 Å². The molecule has 2 aromatic carbocycles. The topological polar surface area (TPSA) is 114 Å². The molecule has 3 aliphatic rings. The number of carbonyl (C=O) groups excluding carboxylic acids is 3. The molecule has 0 radical (unpaired) electrons. The van der Waals surface area contributed by atoms with E-state index in [4.69, 9.17) is 6.57 Å². The first-order chi connectivity index (χ1) is 17.0. The van der Waals surface area contributed by atoms with E-state index in [0.717, 1.165) is 4.90 Å². The zero-order valence-electron chi connectivity index (χ0n) is 18.3. The number of aromatic nitrogens is 1. The number of fused-ring (bicyclic) bond motifs is 6. The number of carbonyl (C=O) groups is 3. The van der Waals surface area contributed by atoms with Crippen molar-refractivity contribution >= 4 is 45.9 Å². The fourth-order valence-corrected chi connectivity index (χ4v) is 5.37. The van der Waals surface area contributed by atoms with E-state index >= 15 is 0 Å². The maximum absolute atomic E-state index is 13.6. The minimum atomic E-state index is -0.765. The lowest BCUT2D eigenvalue weighted by Crippen LogP contribution is -2.55. The first kappa shape index (κ1) is 20.6. The van der Waals surface area contributed by atoms with Crippen LogP contribution in [0, 0.1) is 17.9 Å². The van der Waals surface area contributed by atoms with Gasteiger partial charge in [-0.25, -0.2) is 19.3 Å². The summed E-state index contributed by atoms with van der Waals surface area (Å²) in [5.74, 6) is -0.392. The van der Waals surface area contributed by atoms with Crippen LogP contribution in [0.15, 0.2) is 54.7 Å². The van der Waals surface area contributed by atoms with Crippen molar-refractivity contribution in [3.63, 3.8) is 0 Å². The lowest BCUT2D eigenvalue weighted by Gasteiger charge is -2.34. The van der Waals surface area contributed by atoms with Gasteiger partial charge in [-0.3, -0.25) is 9.78 Å². The lowest BCUT2D eigenvalue weighted by atomic mass is 10.1. The van der Waals surface area contributed by atoms with Crippen LogP contribution in [0.25, 0.3) is 15.7 Å². The zero-order chi connectivity index (χ0) is 24.3. The number of anilines is 2. The predicted octanol–water partition coefficient (Wildman–Crippen LogP) is 3.48. The average molecular weight is 463 g/mol. The molecule has 10 nitrogen and oxygen atoms in total. The average Bonchev–Trinajstić information content (AvgIpc) is 3.55. The Bertz CT molecular complexity index is 1500. The van der Waals surface area contributed by atoms with Crippen LogP contribution in [0.2, 0.25) is 0 Å². The molecule has 3 fully saturated rings. The summed E-state index contributed by atoms with van der Waals surface area (Å²) < 4.78 is 0. The van der Waals surface area contributed by atoms with Crippen molar-refractivity contribution in [3.8, 4) is 6.07 Å². The van der Waals surface area contributed by atoms with Crippen LogP contribution < -0.4 is 10.2 Å². The molecular weight excluding hydrogens is 446 g/mol. The molecule has 1 aromatic heterocycles. The number of benzene rings is 2. The number of nitrogens with one attached hydrogen (secondary N) is 1. The quantitative estimate of drug-likeness (QED) is 0.462. The summed E-state index contributed by atoms with van der Waals surface area (Å²) in [6, 6.07) is 13.0. The number of piperazine rings is 1. The molecule has 3 saturated heterocycles. The van der Waals surface area contributed by atoms with E-state index in [1.54, 1.807) is 64.5 Å². The lowest BCUT2D eigenvalue weighted by molar-refractivity contribution is -0.120. The number of likely N-dealkylation sites (tertiary alicyclic amines) is 1. The highest BCUT2D eigenvalue weighted by Crippen LogP contribution is 2.43. The Morgan fingerprint density at radius 2 is 1.97 bits per heavy atom. The number of amides is 5. The Labute approximate surface area is 199 Å². The second-order valence-corrected chi connectivity index (χ2v) is 8.65. The summed E-state index contributed by atoms with van der Waals surface area (Å²) in [6.07, 6.45) is 2.10. The minimum Gasteiger partial charge on any atom is -0.317 e. The second kappa shape index (κ2) is 7.54. The highest BCUT2D eigenvalue weighted by molar-refractivity contribution is 6.25. The van der Waals surface area contributed by atoms with Gasteiger partial charge in [0, 0.05) is 23.8 Å². The molecule has 170 valence electrons. The van der Waals surface area contributed by atoms with Crippen molar-refractivity contribution in [2.75, 3.05) is 16.8 Å². The van der Waals surface area contributed by atoms with Crippen molar-refractivity contribution in [1.29, 1.82) is 5.26 Å². The van der Waals surface area contributed by atoms with Gasteiger partial charge in [0.05, 0.1) is 35.4 Å². The molecule has 1 unspecified atom stereocenters. The number of urea groups is 2.